The second-order valence-electron chi connectivity index (χ2n) is 10.8. The van der Waals surface area contributed by atoms with Crippen LogP contribution in [0.1, 0.15) is 156 Å². The van der Waals surface area contributed by atoms with Crippen molar-refractivity contribution in [2.24, 2.45) is 0 Å². The summed E-state index contributed by atoms with van der Waals surface area (Å²) in [6.07, 6.45) is 24.6. The maximum Gasteiger partial charge on any atom is 1.00 e. The summed E-state index contributed by atoms with van der Waals surface area (Å²) in [7, 11) is -4.36. The Morgan fingerprint density at radius 1 is 0.585 bits per heavy atom. The minimum Gasteiger partial charge on any atom is -0.748 e. The van der Waals surface area contributed by atoms with Gasteiger partial charge in [-0.1, -0.05) is 135 Å². The first kappa shape index (κ1) is 40.1. The van der Waals surface area contributed by atoms with Crippen molar-refractivity contribution in [1.29, 1.82) is 0 Å². The standard InChI is InChI=1S/C32H54O7S.Na/c1-2-3-4-5-6-7-8-9-10-11-12-13-14-15-16-17-18-19-22-26-38-31(33)29-24-20-21-25-30(29)32(34)39-27-23-28-40(35,36)37;/h20-21,24-25H,2-19,22-23,26-28H2,1H3,(H,35,36,37);/q;+1/p-1. The summed E-state index contributed by atoms with van der Waals surface area (Å²) in [5.74, 6) is -1.94. The molecular weight excluding hydrogens is 551 g/mol. The zero-order chi connectivity index (χ0) is 29.3. The normalized spacial score (nSPS) is 11.2. The van der Waals surface area contributed by atoms with Crippen molar-refractivity contribution in [1.82, 2.24) is 0 Å². The zero-order valence-corrected chi connectivity index (χ0v) is 28.7. The average Bonchev–Trinajstić information content (AvgIpc) is 2.93. The van der Waals surface area contributed by atoms with Crippen LogP contribution in [0, 0.1) is 0 Å². The number of ether oxygens (including phenoxy) is 2. The molecule has 0 saturated carbocycles. The summed E-state index contributed by atoms with van der Waals surface area (Å²) < 4.78 is 42.3. The van der Waals surface area contributed by atoms with Gasteiger partial charge in [-0.15, -0.1) is 0 Å². The molecule has 0 aliphatic heterocycles. The fourth-order valence-electron chi connectivity index (χ4n) is 4.74. The molecule has 1 aromatic rings. The molecule has 230 valence electrons. The van der Waals surface area contributed by atoms with Gasteiger partial charge in [0.05, 0.1) is 34.5 Å². The van der Waals surface area contributed by atoms with E-state index in [2.05, 4.69) is 6.92 Å². The predicted molar refractivity (Wildman–Crippen MR) is 160 cm³/mol. The van der Waals surface area contributed by atoms with Gasteiger partial charge in [0.15, 0.2) is 0 Å². The summed E-state index contributed by atoms with van der Waals surface area (Å²) in [6.45, 7) is 2.34. The van der Waals surface area contributed by atoms with Gasteiger partial charge in [0.25, 0.3) is 0 Å². The van der Waals surface area contributed by atoms with Crippen LogP contribution >= 0.6 is 0 Å². The van der Waals surface area contributed by atoms with Crippen LogP contribution in [-0.4, -0.2) is 43.9 Å². The van der Waals surface area contributed by atoms with Crippen LogP contribution in [0.15, 0.2) is 24.3 Å². The van der Waals surface area contributed by atoms with E-state index in [4.69, 9.17) is 9.47 Å². The summed E-state index contributed by atoms with van der Waals surface area (Å²) in [4.78, 5) is 24.8. The molecule has 0 saturated heterocycles. The van der Waals surface area contributed by atoms with Gasteiger partial charge in [-0.05, 0) is 25.0 Å². The monoisotopic (exact) mass is 604 g/mol. The van der Waals surface area contributed by atoms with Crippen LogP contribution in [0.4, 0.5) is 0 Å². The van der Waals surface area contributed by atoms with Crippen molar-refractivity contribution in [2.45, 2.75) is 135 Å². The first-order valence-electron chi connectivity index (χ1n) is 15.7. The van der Waals surface area contributed by atoms with E-state index in [0.29, 0.717) is 6.61 Å². The Morgan fingerprint density at radius 2 is 0.902 bits per heavy atom. The van der Waals surface area contributed by atoms with E-state index in [1.807, 2.05) is 0 Å². The summed E-state index contributed by atoms with van der Waals surface area (Å²) in [5, 5.41) is 0. The first-order chi connectivity index (χ1) is 19.3. The van der Waals surface area contributed by atoms with Gasteiger partial charge in [0.2, 0.25) is 0 Å². The summed E-state index contributed by atoms with van der Waals surface area (Å²) >= 11 is 0. The van der Waals surface area contributed by atoms with Crippen LogP contribution < -0.4 is 29.6 Å². The first-order valence-corrected chi connectivity index (χ1v) is 17.3. The molecule has 0 N–H and O–H groups in total. The van der Waals surface area contributed by atoms with Gasteiger partial charge in [-0.25, -0.2) is 18.0 Å². The number of hydrogen-bond acceptors (Lipinski definition) is 7. The molecule has 0 aromatic heterocycles. The molecular formula is C32H53NaO7S. The van der Waals surface area contributed by atoms with Crippen LogP contribution in [0.5, 0.6) is 0 Å². The molecule has 1 aromatic carbocycles. The van der Waals surface area contributed by atoms with Gasteiger partial charge >= 0.3 is 41.5 Å². The Bertz CT molecular complexity index is 905. The van der Waals surface area contributed by atoms with Gasteiger partial charge in [-0.2, -0.15) is 0 Å². The van der Waals surface area contributed by atoms with Crippen molar-refractivity contribution in [3.8, 4) is 0 Å². The van der Waals surface area contributed by atoms with Crippen molar-refractivity contribution < 1.29 is 61.6 Å². The van der Waals surface area contributed by atoms with Gasteiger partial charge in [-0.3, -0.25) is 0 Å². The molecule has 41 heavy (non-hydrogen) atoms. The number of carbonyl (C=O) groups is 2. The third kappa shape index (κ3) is 23.2. The molecule has 0 heterocycles. The van der Waals surface area contributed by atoms with E-state index in [0.717, 1.165) is 19.3 Å². The van der Waals surface area contributed by atoms with Crippen molar-refractivity contribution in [2.75, 3.05) is 19.0 Å². The second-order valence-corrected chi connectivity index (χ2v) is 12.3. The Balaban J connectivity index is 0.0000160. The molecule has 7 nitrogen and oxygen atoms in total. The van der Waals surface area contributed by atoms with E-state index in [9.17, 15) is 22.6 Å². The van der Waals surface area contributed by atoms with E-state index < -0.39 is 27.8 Å². The largest absolute Gasteiger partial charge is 1.00 e. The van der Waals surface area contributed by atoms with E-state index in [-0.39, 0.29) is 53.7 Å². The van der Waals surface area contributed by atoms with Crippen LogP contribution in [0.2, 0.25) is 0 Å². The molecule has 0 atom stereocenters. The Labute approximate surface area is 272 Å². The van der Waals surface area contributed by atoms with E-state index in [1.165, 1.54) is 115 Å². The van der Waals surface area contributed by atoms with Gasteiger partial charge in [0, 0.05) is 5.75 Å². The van der Waals surface area contributed by atoms with Crippen LogP contribution in [0.3, 0.4) is 0 Å². The number of unbranched alkanes of at least 4 members (excludes halogenated alkanes) is 18. The molecule has 9 heteroatoms. The molecule has 0 amide bonds. The maximum absolute atomic E-state index is 12.5. The fraction of sp³-hybridized carbons (Fsp3) is 0.750. The van der Waals surface area contributed by atoms with Crippen molar-refractivity contribution in [3.05, 3.63) is 35.4 Å². The quantitative estimate of drug-likeness (QED) is 0.0605. The number of hydrogen-bond donors (Lipinski definition) is 0. The number of rotatable bonds is 26. The predicted octanol–water partition coefficient (Wildman–Crippen LogP) is 5.37. The van der Waals surface area contributed by atoms with Gasteiger partial charge < -0.3 is 14.0 Å². The summed E-state index contributed by atoms with van der Waals surface area (Å²) in [5.41, 5.74) is 0.174. The number of esters is 2. The topological polar surface area (TPSA) is 110 Å². The van der Waals surface area contributed by atoms with Crippen LogP contribution in [-0.2, 0) is 19.6 Å². The molecule has 0 aliphatic carbocycles. The third-order valence-corrected chi connectivity index (χ3v) is 7.91. The minimum absolute atomic E-state index is 0. The van der Waals surface area contributed by atoms with Gasteiger partial charge in [0.1, 0.15) is 0 Å². The maximum atomic E-state index is 12.5. The Kier molecular flexibility index (Phi) is 26.1. The molecule has 0 bridgehead atoms. The molecule has 0 fully saturated rings. The Hall–Kier alpha value is -0.930. The minimum atomic E-state index is -4.36. The summed E-state index contributed by atoms with van der Waals surface area (Å²) in [6, 6.07) is 6.19. The second kappa shape index (κ2) is 26.7. The molecule has 0 aliphatic rings. The van der Waals surface area contributed by atoms with Crippen molar-refractivity contribution in [3.63, 3.8) is 0 Å². The van der Waals surface area contributed by atoms with Crippen LogP contribution in [0.25, 0.3) is 0 Å². The number of carbonyl (C=O) groups excluding carboxylic acids is 2. The average molecular weight is 605 g/mol. The smallest absolute Gasteiger partial charge is 0.748 e. The molecule has 0 spiro atoms. The third-order valence-electron chi connectivity index (χ3n) is 7.12. The van der Waals surface area contributed by atoms with E-state index in [1.54, 1.807) is 12.1 Å². The number of benzene rings is 1. The van der Waals surface area contributed by atoms with E-state index >= 15 is 0 Å². The molecule has 1 rings (SSSR count). The van der Waals surface area contributed by atoms with Crippen molar-refractivity contribution >= 4 is 22.1 Å². The molecule has 0 radical (unpaired) electrons. The molecule has 0 unspecified atom stereocenters. The Morgan fingerprint density at radius 3 is 1.24 bits per heavy atom. The fourth-order valence-corrected chi connectivity index (χ4v) is 5.21. The SMILES string of the molecule is CCCCCCCCCCCCCCCCCCCCCOC(=O)c1ccccc1C(=O)OCCCS(=O)(=O)[O-].[Na+]. The zero-order valence-electron chi connectivity index (χ0n) is 25.8.